The third-order valence-electron chi connectivity index (χ3n) is 5.16. The number of nitrogens with zero attached hydrogens (tertiary/aromatic N) is 2. The standard InChI is InChI=1S/C18H29N3/c1-2-15-7-6-8-16(13-15)20-17-9-10-18(19-14-17)21-11-4-3-5-12-21/h9-10,14-16,20H,2-8,11-13H2,1H3. The van der Waals surface area contributed by atoms with Crippen LogP contribution in [0.2, 0.25) is 0 Å². The van der Waals surface area contributed by atoms with Crippen molar-refractivity contribution in [1.29, 1.82) is 0 Å². The van der Waals surface area contributed by atoms with Crippen molar-refractivity contribution in [3.63, 3.8) is 0 Å². The van der Waals surface area contributed by atoms with Gasteiger partial charge in [0, 0.05) is 19.1 Å². The van der Waals surface area contributed by atoms with Gasteiger partial charge in [0.05, 0.1) is 11.9 Å². The van der Waals surface area contributed by atoms with Gasteiger partial charge in [0.2, 0.25) is 0 Å². The minimum absolute atomic E-state index is 0.645. The number of anilines is 2. The minimum atomic E-state index is 0.645. The molecule has 0 radical (unpaired) electrons. The summed E-state index contributed by atoms with van der Waals surface area (Å²) in [4.78, 5) is 7.09. The fourth-order valence-electron chi connectivity index (χ4n) is 3.81. The Morgan fingerprint density at radius 2 is 2.00 bits per heavy atom. The second-order valence-electron chi connectivity index (χ2n) is 6.73. The number of hydrogen-bond acceptors (Lipinski definition) is 3. The molecular weight excluding hydrogens is 258 g/mol. The average molecular weight is 287 g/mol. The van der Waals surface area contributed by atoms with Crippen LogP contribution < -0.4 is 10.2 Å². The summed E-state index contributed by atoms with van der Waals surface area (Å²) in [6, 6.07) is 5.05. The quantitative estimate of drug-likeness (QED) is 0.886. The molecule has 0 amide bonds. The fraction of sp³-hybridized carbons (Fsp3) is 0.722. The second-order valence-corrected chi connectivity index (χ2v) is 6.73. The molecule has 2 unspecified atom stereocenters. The van der Waals surface area contributed by atoms with Gasteiger partial charge in [-0.25, -0.2) is 4.98 Å². The first-order valence-electron chi connectivity index (χ1n) is 8.82. The van der Waals surface area contributed by atoms with E-state index in [9.17, 15) is 0 Å². The van der Waals surface area contributed by atoms with Crippen molar-refractivity contribution >= 4 is 11.5 Å². The average Bonchev–Trinajstić information content (AvgIpc) is 2.56. The van der Waals surface area contributed by atoms with E-state index in [2.05, 4.69) is 34.3 Å². The van der Waals surface area contributed by atoms with Crippen molar-refractivity contribution in [2.75, 3.05) is 23.3 Å². The van der Waals surface area contributed by atoms with Gasteiger partial charge in [-0.3, -0.25) is 0 Å². The summed E-state index contributed by atoms with van der Waals surface area (Å²) < 4.78 is 0. The van der Waals surface area contributed by atoms with E-state index in [1.807, 2.05) is 6.20 Å². The van der Waals surface area contributed by atoms with E-state index < -0.39 is 0 Å². The van der Waals surface area contributed by atoms with Crippen LogP contribution in [0.1, 0.15) is 58.3 Å². The summed E-state index contributed by atoms with van der Waals surface area (Å²) in [5, 5.41) is 3.69. The summed E-state index contributed by atoms with van der Waals surface area (Å²) in [5.74, 6) is 2.06. The zero-order valence-electron chi connectivity index (χ0n) is 13.4. The molecule has 1 N–H and O–H groups in total. The molecule has 0 aromatic carbocycles. The number of aromatic nitrogens is 1. The molecule has 3 nitrogen and oxygen atoms in total. The Balaban J connectivity index is 1.56. The molecular formula is C18H29N3. The molecule has 2 heterocycles. The molecule has 21 heavy (non-hydrogen) atoms. The van der Waals surface area contributed by atoms with Gasteiger partial charge in [-0.15, -0.1) is 0 Å². The number of piperidine rings is 1. The smallest absolute Gasteiger partial charge is 0.128 e. The summed E-state index contributed by atoms with van der Waals surface area (Å²) in [6.45, 7) is 4.66. The third kappa shape index (κ3) is 3.90. The predicted octanol–water partition coefficient (Wildman–Crippen LogP) is 4.45. The van der Waals surface area contributed by atoms with Gasteiger partial charge in [-0.05, 0) is 50.2 Å². The molecule has 2 atom stereocenters. The molecule has 3 rings (SSSR count). The lowest BCUT2D eigenvalue weighted by molar-refractivity contribution is 0.327. The van der Waals surface area contributed by atoms with E-state index in [0.29, 0.717) is 6.04 Å². The number of hydrogen-bond donors (Lipinski definition) is 1. The Hall–Kier alpha value is -1.25. The highest BCUT2D eigenvalue weighted by Crippen LogP contribution is 2.29. The summed E-state index contributed by atoms with van der Waals surface area (Å²) >= 11 is 0. The molecule has 1 aliphatic carbocycles. The highest BCUT2D eigenvalue weighted by Gasteiger charge is 2.20. The fourth-order valence-corrected chi connectivity index (χ4v) is 3.81. The van der Waals surface area contributed by atoms with Crippen molar-refractivity contribution in [3.8, 4) is 0 Å². The van der Waals surface area contributed by atoms with Crippen LogP contribution in [-0.4, -0.2) is 24.1 Å². The van der Waals surface area contributed by atoms with E-state index >= 15 is 0 Å². The van der Waals surface area contributed by atoms with Crippen molar-refractivity contribution < 1.29 is 0 Å². The Labute approximate surface area is 129 Å². The molecule has 2 fully saturated rings. The molecule has 1 aromatic rings. The highest BCUT2D eigenvalue weighted by molar-refractivity contribution is 5.49. The first-order chi connectivity index (χ1) is 10.3. The Morgan fingerprint density at radius 3 is 2.71 bits per heavy atom. The zero-order valence-corrected chi connectivity index (χ0v) is 13.4. The second kappa shape index (κ2) is 7.15. The first-order valence-corrected chi connectivity index (χ1v) is 8.82. The normalized spacial score (nSPS) is 26.6. The molecule has 2 aliphatic rings. The number of pyridine rings is 1. The summed E-state index contributed by atoms with van der Waals surface area (Å²) in [7, 11) is 0. The van der Waals surface area contributed by atoms with Crippen LogP contribution in [0.25, 0.3) is 0 Å². The van der Waals surface area contributed by atoms with E-state index in [0.717, 1.165) is 11.7 Å². The molecule has 116 valence electrons. The Morgan fingerprint density at radius 1 is 1.14 bits per heavy atom. The van der Waals surface area contributed by atoms with Crippen LogP contribution in [0, 0.1) is 5.92 Å². The van der Waals surface area contributed by atoms with Crippen LogP contribution in [0.3, 0.4) is 0 Å². The Kier molecular flexibility index (Phi) is 5.00. The highest BCUT2D eigenvalue weighted by atomic mass is 15.2. The maximum absolute atomic E-state index is 4.67. The zero-order chi connectivity index (χ0) is 14.5. The van der Waals surface area contributed by atoms with Crippen LogP contribution in [-0.2, 0) is 0 Å². The third-order valence-corrected chi connectivity index (χ3v) is 5.16. The summed E-state index contributed by atoms with van der Waals surface area (Å²) in [5.41, 5.74) is 1.19. The number of rotatable bonds is 4. The molecule has 0 bridgehead atoms. The Bertz CT molecular complexity index is 423. The summed E-state index contributed by atoms with van der Waals surface area (Å²) in [6.07, 6.45) is 12.8. The lowest BCUT2D eigenvalue weighted by Crippen LogP contribution is -2.30. The van der Waals surface area contributed by atoms with Crippen LogP contribution in [0.5, 0.6) is 0 Å². The van der Waals surface area contributed by atoms with Gasteiger partial charge < -0.3 is 10.2 Å². The van der Waals surface area contributed by atoms with Crippen LogP contribution in [0.15, 0.2) is 18.3 Å². The van der Waals surface area contributed by atoms with Gasteiger partial charge in [0.25, 0.3) is 0 Å². The van der Waals surface area contributed by atoms with Crippen molar-refractivity contribution in [2.24, 2.45) is 5.92 Å². The van der Waals surface area contributed by atoms with Gasteiger partial charge >= 0.3 is 0 Å². The van der Waals surface area contributed by atoms with E-state index in [-0.39, 0.29) is 0 Å². The predicted molar refractivity (Wildman–Crippen MR) is 90.0 cm³/mol. The molecule has 1 aromatic heterocycles. The minimum Gasteiger partial charge on any atom is -0.381 e. The van der Waals surface area contributed by atoms with Crippen LogP contribution >= 0.6 is 0 Å². The van der Waals surface area contributed by atoms with E-state index in [1.54, 1.807) is 0 Å². The van der Waals surface area contributed by atoms with Gasteiger partial charge in [0.1, 0.15) is 5.82 Å². The first kappa shape index (κ1) is 14.7. The molecule has 1 saturated heterocycles. The maximum Gasteiger partial charge on any atom is 0.128 e. The lowest BCUT2D eigenvalue weighted by Gasteiger charge is -2.30. The van der Waals surface area contributed by atoms with Gasteiger partial charge in [-0.1, -0.05) is 26.2 Å². The van der Waals surface area contributed by atoms with Gasteiger partial charge in [-0.2, -0.15) is 0 Å². The largest absolute Gasteiger partial charge is 0.381 e. The monoisotopic (exact) mass is 287 g/mol. The van der Waals surface area contributed by atoms with Crippen molar-refractivity contribution in [2.45, 2.75) is 64.3 Å². The topological polar surface area (TPSA) is 28.2 Å². The molecule has 1 aliphatic heterocycles. The molecule has 0 spiro atoms. The SMILES string of the molecule is CCC1CCCC(Nc2ccc(N3CCCCC3)nc2)C1. The maximum atomic E-state index is 4.67. The van der Waals surface area contributed by atoms with E-state index in [4.69, 9.17) is 0 Å². The van der Waals surface area contributed by atoms with Gasteiger partial charge in [0.15, 0.2) is 0 Å². The van der Waals surface area contributed by atoms with Crippen LogP contribution in [0.4, 0.5) is 11.5 Å². The van der Waals surface area contributed by atoms with E-state index in [1.165, 1.54) is 70.1 Å². The van der Waals surface area contributed by atoms with Crippen molar-refractivity contribution in [3.05, 3.63) is 18.3 Å². The van der Waals surface area contributed by atoms with Crippen molar-refractivity contribution in [1.82, 2.24) is 4.98 Å². The molecule has 1 saturated carbocycles. The lowest BCUT2D eigenvalue weighted by atomic mass is 9.84. The molecule has 3 heteroatoms. The number of nitrogens with one attached hydrogen (secondary N) is 1.